The van der Waals surface area contributed by atoms with Gasteiger partial charge in [-0.05, 0) is 30.3 Å². The van der Waals surface area contributed by atoms with Gasteiger partial charge in [0.1, 0.15) is 11.9 Å². The van der Waals surface area contributed by atoms with E-state index in [0.29, 0.717) is 30.3 Å². The van der Waals surface area contributed by atoms with Crippen LogP contribution in [-0.4, -0.2) is 36.6 Å². The van der Waals surface area contributed by atoms with Gasteiger partial charge < -0.3 is 19.5 Å². The maximum Gasteiger partial charge on any atom is 0.573 e. The highest BCUT2D eigenvalue weighted by molar-refractivity contribution is 6.04. The van der Waals surface area contributed by atoms with Gasteiger partial charge in [0.2, 0.25) is 5.88 Å². The molecule has 0 saturated carbocycles. The molecule has 1 aromatic carbocycles. The summed E-state index contributed by atoms with van der Waals surface area (Å²) < 4.78 is 51.0. The number of ether oxygens (including phenoxy) is 3. The molecule has 138 valence electrons. The zero-order valence-corrected chi connectivity index (χ0v) is 13.5. The number of hydrogen-bond acceptors (Lipinski definition) is 5. The van der Waals surface area contributed by atoms with Crippen LogP contribution in [0.3, 0.4) is 0 Å². The van der Waals surface area contributed by atoms with E-state index in [-0.39, 0.29) is 11.9 Å². The number of aromatic nitrogens is 1. The Bertz CT molecular complexity index is 759. The van der Waals surface area contributed by atoms with Crippen LogP contribution in [0, 0.1) is 0 Å². The summed E-state index contributed by atoms with van der Waals surface area (Å²) in [6, 6.07) is 7.86. The summed E-state index contributed by atoms with van der Waals surface area (Å²) in [5.74, 6) is -0.500. The maximum atomic E-state index is 12.3. The van der Waals surface area contributed by atoms with Crippen molar-refractivity contribution in [3.63, 3.8) is 0 Å². The Hall–Kier alpha value is -2.81. The number of benzene rings is 1. The molecule has 0 radical (unpaired) electrons. The summed E-state index contributed by atoms with van der Waals surface area (Å²) in [5.41, 5.74) is 0.637. The van der Waals surface area contributed by atoms with Gasteiger partial charge in [-0.25, -0.2) is 4.98 Å². The molecular formula is C17H15F3N2O4. The van der Waals surface area contributed by atoms with Crippen molar-refractivity contribution in [3.8, 4) is 11.6 Å². The number of pyridine rings is 1. The van der Waals surface area contributed by atoms with Crippen molar-refractivity contribution in [2.24, 2.45) is 0 Å². The van der Waals surface area contributed by atoms with E-state index in [1.54, 1.807) is 0 Å². The minimum absolute atomic E-state index is 0.0954. The Morgan fingerprint density at radius 2 is 2.00 bits per heavy atom. The van der Waals surface area contributed by atoms with Gasteiger partial charge in [-0.2, -0.15) is 0 Å². The van der Waals surface area contributed by atoms with E-state index >= 15 is 0 Å². The van der Waals surface area contributed by atoms with E-state index in [0.717, 1.165) is 18.6 Å². The monoisotopic (exact) mass is 368 g/mol. The highest BCUT2D eigenvalue weighted by Gasteiger charge is 2.31. The van der Waals surface area contributed by atoms with Gasteiger partial charge in [-0.15, -0.1) is 13.2 Å². The zero-order chi connectivity index (χ0) is 18.6. The second-order valence-corrected chi connectivity index (χ2v) is 5.51. The smallest absolute Gasteiger partial charge is 0.472 e. The fraction of sp³-hybridized carbons (Fsp3) is 0.294. The molecule has 1 fully saturated rings. The zero-order valence-electron chi connectivity index (χ0n) is 13.5. The summed E-state index contributed by atoms with van der Waals surface area (Å²) >= 11 is 0. The molecule has 26 heavy (non-hydrogen) atoms. The summed E-state index contributed by atoms with van der Waals surface area (Å²) in [6.45, 7) is 1.10. The molecule has 1 aliphatic heterocycles. The normalized spacial score (nSPS) is 17.0. The molecule has 0 unspecified atom stereocenters. The number of carbonyl (C=O) groups is 1. The van der Waals surface area contributed by atoms with Crippen molar-refractivity contribution in [1.82, 2.24) is 4.98 Å². The molecule has 0 spiro atoms. The molecular weight excluding hydrogens is 353 g/mol. The lowest BCUT2D eigenvalue weighted by atomic mass is 10.2. The number of hydrogen-bond donors (Lipinski definition) is 1. The third-order valence-electron chi connectivity index (χ3n) is 3.52. The first-order valence-electron chi connectivity index (χ1n) is 7.77. The fourth-order valence-electron chi connectivity index (χ4n) is 2.33. The minimum Gasteiger partial charge on any atom is -0.472 e. The van der Waals surface area contributed by atoms with E-state index < -0.39 is 12.3 Å². The molecule has 0 aliphatic carbocycles. The van der Waals surface area contributed by atoms with Gasteiger partial charge in [-0.1, -0.05) is 0 Å². The van der Waals surface area contributed by atoms with Gasteiger partial charge in [0, 0.05) is 29.9 Å². The average Bonchev–Trinajstić information content (AvgIpc) is 3.08. The molecule has 2 aromatic rings. The summed E-state index contributed by atoms with van der Waals surface area (Å²) in [4.78, 5) is 16.3. The first-order chi connectivity index (χ1) is 12.4. The van der Waals surface area contributed by atoms with Crippen molar-refractivity contribution in [3.05, 3.63) is 48.2 Å². The topological polar surface area (TPSA) is 69.7 Å². The Labute approximate surface area is 146 Å². The van der Waals surface area contributed by atoms with Crippen LogP contribution in [0.5, 0.6) is 11.6 Å². The first-order valence-corrected chi connectivity index (χ1v) is 7.77. The summed E-state index contributed by atoms with van der Waals surface area (Å²) in [7, 11) is 0. The first kappa shape index (κ1) is 18.0. The third kappa shape index (κ3) is 5.09. The number of nitrogens with one attached hydrogen (secondary N) is 1. The van der Waals surface area contributed by atoms with Gasteiger partial charge in [0.05, 0.1) is 13.2 Å². The minimum atomic E-state index is -4.76. The maximum absolute atomic E-state index is 12.3. The van der Waals surface area contributed by atoms with Crippen LogP contribution in [0.15, 0.2) is 42.6 Å². The van der Waals surface area contributed by atoms with E-state index in [4.69, 9.17) is 9.47 Å². The lowest BCUT2D eigenvalue weighted by Crippen LogP contribution is -2.18. The molecule has 3 rings (SSSR count). The summed E-state index contributed by atoms with van der Waals surface area (Å²) in [5, 5.41) is 2.59. The van der Waals surface area contributed by atoms with Crippen molar-refractivity contribution in [2.45, 2.75) is 18.9 Å². The second-order valence-electron chi connectivity index (χ2n) is 5.51. The van der Waals surface area contributed by atoms with E-state index in [1.165, 1.54) is 30.5 Å². The van der Waals surface area contributed by atoms with Crippen LogP contribution < -0.4 is 14.8 Å². The number of alkyl halides is 3. The third-order valence-corrected chi connectivity index (χ3v) is 3.52. The number of amides is 1. The Balaban J connectivity index is 1.62. The van der Waals surface area contributed by atoms with Gasteiger partial charge in [0.25, 0.3) is 5.91 Å². The molecule has 1 aromatic heterocycles. The Morgan fingerprint density at radius 3 is 2.65 bits per heavy atom. The highest BCUT2D eigenvalue weighted by atomic mass is 19.4. The van der Waals surface area contributed by atoms with Crippen LogP contribution in [0.2, 0.25) is 0 Å². The average molecular weight is 368 g/mol. The SMILES string of the molecule is O=C(Nc1ccc(OC(F)(F)F)cc1)c1ccnc(O[C@@H]2CCOC2)c1. The predicted molar refractivity (Wildman–Crippen MR) is 85.2 cm³/mol. The molecule has 0 bridgehead atoms. The number of carbonyl (C=O) groups excluding carboxylic acids is 1. The molecule has 1 saturated heterocycles. The van der Waals surface area contributed by atoms with Crippen molar-refractivity contribution >= 4 is 11.6 Å². The van der Waals surface area contributed by atoms with Crippen molar-refractivity contribution in [1.29, 1.82) is 0 Å². The Kier molecular flexibility index (Phi) is 5.27. The van der Waals surface area contributed by atoms with E-state index in [2.05, 4.69) is 15.0 Å². The van der Waals surface area contributed by atoms with Crippen LogP contribution in [0.25, 0.3) is 0 Å². The van der Waals surface area contributed by atoms with Crippen LogP contribution in [0.4, 0.5) is 18.9 Å². The fourth-order valence-corrected chi connectivity index (χ4v) is 2.33. The lowest BCUT2D eigenvalue weighted by molar-refractivity contribution is -0.274. The lowest BCUT2D eigenvalue weighted by Gasteiger charge is -2.12. The molecule has 1 aliphatic rings. The van der Waals surface area contributed by atoms with Crippen LogP contribution in [-0.2, 0) is 4.74 Å². The Morgan fingerprint density at radius 1 is 1.23 bits per heavy atom. The van der Waals surface area contributed by atoms with Crippen molar-refractivity contribution in [2.75, 3.05) is 18.5 Å². The molecule has 1 atom stereocenters. The highest BCUT2D eigenvalue weighted by Crippen LogP contribution is 2.24. The number of rotatable bonds is 5. The van der Waals surface area contributed by atoms with Gasteiger partial charge in [-0.3, -0.25) is 4.79 Å². The van der Waals surface area contributed by atoms with Crippen LogP contribution >= 0.6 is 0 Å². The molecule has 1 amide bonds. The molecule has 6 nitrogen and oxygen atoms in total. The van der Waals surface area contributed by atoms with Crippen molar-refractivity contribution < 1.29 is 32.2 Å². The van der Waals surface area contributed by atoms with Crippen LogP contribution in [0.1, 0.15) is 16.8 Å². The van der Waals surface area contributed by atoms with E-state index in [1.807, 2.05) is 0 Å². The quantitative estimate of drug-likeness (QED) is 0.876. The number of anilines is 1. The number of halogens is 3. The van der Waals surface area contributed by atoms with Gasteiger partial charge >= 0.3 is 6.36 Å². The molecule has 2 heterocycles. The predicted octanol–water partition coefficient (Wildman–Crippen LogP) is 3.40. The summed E-state index contributed by atoms with van der Waals surface area (Å²) in [6.07, 6.45) is -2.66. The van der Waals surface area contributed by atoms with Gasteiger partial charge in [0.15, 0.2) is 0 Å². The second kappa shape index (κ2) is 7.61. The standard InChI is InChI=1S/C17H15F3N2O4/c18-17(19,20)26-13-3-1-12(2-4-13)22-16(23)11-5-7-21-15(9-11)25-14-6-8-24-10-14/h1-5,7,9,14H,6,8,10H2,(H,22,23)/t14-/m1/s1. The molecule has 1 N–H and O–H groups in total. The molecule has 9 heteroatoms. The van der Waals surface area contributed by atoms with E-state index in [9.17, 15) is 18.0 Å². The number of nitrogens with zero attached hydrogens (tertiary/aromatic N) is 1. The largest absolute Gasteiger partial charge is 0.573 e.